The monoisotopic (exact) mass is 263 g/mol. The maximum Gasteiger partial charge on any atom is 0.138 e. The number of carbonyl (C=O) groups excluding carboxylic acids is 1. The van der Waals surface area contributed by atoms with Crippen molar-refractivity contribution >= 4 is 5.78 Å². The number of aromatic nitrogens is 2. The van der Waals surface area contributed by atoms with Crippen molar-refractivity contribution in [3.63, 3.8) is 0 Å². The number of nitrogens with zero attached hydrogens (tertiary/aromatic N) is 3. The minimum absolute atomic E-state index is 0.234. The Morgan fingerprint density at radius 2 is 2.16 bits per heavy atom. The molecule has 106 valence electrons. The Balaban J connectivity index is 2.04. The van der Waals surface area contributed by atoms with Crippen molar-refractivity contribution in [3.05, 3.63) is 17.5 Å². The predicted molar refractivity (Wildman–Crippen MR) is 76.0 cm³/mol. The Bertz CT molecular complexity index is 439. The van der Waals surface area contributed by atoms with Gasteiger partial charge in [0, 0.05) is 38.5 Å². The molecule has 1 fully saturated rings. The predicted octanol–water partition coefficient (Wildman–Crippen LogP) is 2.27. The van der Waals surface area contributed by atoms with E-state index < -0.39 is 0 Å². The molecule has 2 rings (SSSR count). The molecule has 1 aromatic heterocycles. The number of likely N-dealkylation sites (tertiary alicyclic amines) is 1. The van der Waals surface area contributed by atoms with E-state index in [1.165, 1.54) is 5.69 Å². The highest BCUT2D eigenvalue weighted by molar-refractivity contribution is 5.82. The molecule has 4 heteroatoms. The first-order chi connectivity index (χ1) is 9.17. The van der Waals surface area contributed by atoms with E-state index in [-0.39, 0.29) is 5.92 Å². The second-order valence-corrected chi connectivity index (χ2v) is 5.35. The van der Waals surface area contributed by atoms with Crippen molar-refractivity contribution in [1.29, 1.82) is 0 Å². The highest BCUT2D eigenvalue weighted by Crippen LogP contribution is 2.18. The number of piperidine rings is 1. The number of hydrogen-bond donors (Lipinski definition) is 0. The first-order valence-corrected chi connectivity index (χ1v) is 7.48. The van der Waals surface area contributed by atoms with E-state index >= 15 is 0 Å². The standard InChI is InChI=1S/C15H25N3O/c1-4-12-10-17(8-7-15(12)19)11-14-9-13(5-2)16-18(14)6-3/h9,12H,4-8,10-11H2,1-3H3. The van der Waals surface area contributed by atoms with Gasteiger partial charge < -0.3 is 0 Å². The molecule has 19 heavy (non-hydrogen) atoms. The van der Waals surface area contributed by atoms with Gasteiger partial charge >= 0.3 is 0 Å². The van der Waals surface area contributed by atoms with Crippen LogP contribution < -0.4 is 0 Å². The third-order valence-electron chi connectivity index (χ3n) is 4.06. The molecule has 0 aromatic carbocycles. The summed E-state index contributed by atoms with van der Waals surface area (Å²) in [7, 11) is 0. The van der Waals surface area contributed by atoms with Crippen LogP contribution in [-0.2, 0) is 24.3 Å². The van der Waals surface area contributed by atoms with Crippen LogP contribution in [0.2, 0.25) is 0 Å². The van der Waals surface area contributed by atoms with Crippen LogP contribution in [0.4, 0.5) is 0 Å². The molecule has 0 aliphatic carbocycles. The van der Waals surface area contributed by atoms with Gasteiger partial charge in [-0.05, 0) is 25.8 Å². The van der Waals surface area contributed by atoms with Crippen molar-refractivity contribution in [2.24, 2.45) is 5.92 Å². The summed E-state index contributed by atoms with van der Waals surface area (Å²) in [6.45, 7) is 10.0. The zero-order valence-corrected chi connectivity index (χ0v) is 12.4. The van der Waals surface area contributed by atoms with E-state index in [1.54, 1.807) is 0 Å². The topological polar surface area (TPSA) is 38.1 Å². The molecule has 0 amide bonds. The van der Waals surface area contributed by atoms with Gasteiger partial charge in [0.2, 0.25) is 0 Å². The van der Waals surface area contributed by atoms with Gasteiger partial charge in [-0.1, -0.05) is 13.8 Å². The zero-order chi connectivity index (χ0) is 13.8. The van der Waals surface area contributed by atoms with Crippen LogP contribution in [0.5, 0.6) is 0 Å². The van der Waals surface area contributed by atoms with Gasteiger partial charge in [-0.15, -0.1) is 0 Å². The second-order valence-electron chi connectivity index (χ2n) is 5.35. The van der Waals surface area contributed by atoms with Crippen LogP contribution in [0.15, 0.2) is 6.07 Å². The van der Waals surface area contributed by atoms with E-state index in [0.717, 1.165) is 44.7 Å². The maximum absolute atomic E-state index is 11.8. The minimum Gasteiger partial charge on any atom is -0.299 e. The highest BCUT2D eigenvalue weighted by Gasteiger charge is 2.26. The average Bonchev–Trinajstić information content (AvgIpc) is 2.83. The molecule has 2 heterocycles. The molecule has 1 atom stereocenters. The van der Waals surface area contributed by atoms with Crippen molar-refractivity contribution in [2.45, 2.75) is 53.1 Å². The van der Waals surface area contributed by atoms with Crippen molar-refractivity contribution in [1.82, 2.24) is 14.7 Å². The number of Topliss-reactive ketones (excluding diaryl/α,β-unsaturated/α-hetero) is 1. The van der Waals surface area contributed by atoms with Crippen LogP contribution in [0.25, 0.3) is 0 Å². The largest absolute Gasteiger partial charge is 0.299 e. The quantitative estimate of drug-likeness (QED) is 0.818. The Hall–Kier alpha value is -1.16. The number of rotatable bonds is 5. The molecule has 0 bridgehead atoms. The van der Waals surface area contributed by atoms with Gasteiger partial charge in [0.25, 0.3) is 0 Å². The van der Waals surface area contributed by atoms with E-state index in [1.807, 2.05) is 0 Å². The van der Waals surface area contributed by atoms with Crippen LogP contribution in [-0.4, -0.2) is 33.6 Å². The second kappa shape index (κ2) is 6.33. The third-order valence-corrected chi connectivity index (χ3v) is 4.06. The van der Waals surface area contributed by atoms with Crippen LogP contribution >= 0.6 is 0 Å². The molecule has 1 aliphatic heterocycles. The van der Waals surface area contributed by atoms with Crippen molar-refractivity contribution in [3.8, 4) is 0 Å². The summed E-state index contributed by atoms with van der Waals surface area (Å²) >= 11 is 0. The van der Waals surface area contributed by atoms with Crippen molar-refractivity contribution < 1.29 is 4.79 Å². The maximum atomic E-state index is 11.8. The van der Waals surface area contributed by atoms with Crippen molar-refractivity contribution in [2.75, 3.05) is 13.1 Å². The summed E-state index contributed by atoms with van der Waals surface area (Å²) in [5, 5.41) is 4.59. The Labute approximate surface area is 115 Å². The zero-order valence-electron chi connectivity index (χ0n) is 12.4. The molecular formula is C15H25N3O. The SMILES string of the molecule is CCc1cc(CN2CCC(=O)C(CC)C2)n(CC)n1. The van der Waals surface area contributed by atoms with Crippen LogP contribution in [0.1, 0.15) is 45.0 Å². The Morgan fingerprint density at radius 3 is 2.79 bits per heavy atom. The molecule has 0 saturated carbocycles. The van der Waals surface area contributed by atoms with Gasteiger partial charge in [-0.3, -0.25) is 14.4 Å². The summed E-state index contributed by atoms with van der Waals surface area (Å²) in [6, 6.07) is 2.21. The molecule has 1 aromatic rings. The van der Waals surface area contributed by atoms with Crippen LogP contribution in [0.3, 0.4) is 0 Å². The van der Waals surface area contributed by atoms with Gasteiger partial charge in [0.1, 0.15) is 5.78 Å². The minimum atomic E-state index is 0.234. The van der Waals surface area contributed by atoms with Gasteiger partial charge in [0.05, 0.1) is 11.4 Å². The molecule has 4 nitrogen and oxygen atoms in total. The van der Waals surface area contributed by atoms with Gasteiger partial charge in [-0.2, -0.15) is 5.10 Å². The first kappa shape index (κ1) is 14.3. The molecule has 1 unspecified atom stereocenters. The van der Waals surface area contributed by atoms with E-state index in [0.29, 0.717) is 12.2 Å². The van der Waals surface area contributed by atoms with E-state index in [2.05, 4.69) is 41.5 Å². The Morgan fingerprint density at radius 1 is 1.37 bits per heavy atom. The van der Waals surface area contributed by atoms with Gasteiger partial charge in [-0.25, -0.2) is 0 Å². The summed E-state index contributed by atoms with van der Waals surface area (Å²) < 4.78 is 2.09. The summed E-state index contributed by atoms with van der Waals surface area (Å²) in [5.74, 6) is 0.675. The number of carbonyl (C=O) groups is 1. The van der Waals surface area contributed by atoms with E-state index in [4.69, 9.17) is 0 Å². The fraction of sp³-hybridized carbons (Fsp3) is 0.733. The lowest BCUT2D eigenvalue weighted by molar-refractivity contribution is -0.126. The third kappa shape index (κ3) is 3.24. The first-order valence-electron chi connectivity index (χ1n) is 7.48. The molecule has 1 aliphatic rings. The van der Waals surface area contributed by atoms with Gasteiger partial charge in [0.15, 0.2) is 0 Å². The lowest BCUT2D eigenvalue weighted by Crippen LogP contribution is -2.40. The lowest BCUT2D eigenvalue weighted by atomic mass is 9.94. The lowest BCUT2D eigenvalue weighted by Gasteiger charge is -2.31. The molecule has 0 spiro atoms. The fourth-order valence-electron chi connectivity index (χ4n) is 2.80. The van der Waals surface area contributed by atoms with E-state index in [9.17, 15) is 4.79 Å². The smallest absolute Gasteiger partial charge is 0.138 e. The fourth-order valence-corrected chi connectivity index (χ4v) is 2.80. The summed E-state index contributed by atoms with van der Waals surface area (Å²) in [6.07, 6.45) is 2.65. The number of aryl methyl sites for hydroxylation is 2. The normalized spacial score (nSPS) is 21.0. The Kier molecular flexibility index (Phi) is 4.75. The van der Waals surface area contributed by atoms with Crippen LogP contribution in [0, 0.1) is 5.92 Å². The molecular weight excluding hydrogens is 238 g/mol. The average molecular weight is 263 g/mol. The molecule has 0 N–H and O–H groups in total. The summed E-state index contributed by atoms with van der Waals surface area (Å²) in [4.78, 5) is 14.2. The number of hydrogen-bond acceptors (Lipinski definition) is 3. The number of ketones is 1. The molecule has 1 saturated heterocycles. The highest BCUT2D eigenvalue weighted by atomic mass is 16.1. The molecule has 0 radical (unpaired) electrons. The summed E-state index contributed by atoms with van der Waals surface area (Å²) in [5.41, 5.74) is 2.44.